The lowest BCUT2D eigenvalue weighted by molar-refractivity contribution is -0.137. The Bertz CT molecular complexity index is 932. The first-order chi connectivity index (χ1) is 15.6. The lowest BCUT2D eigenvalue weighted by atomic mass is 10.0. The Morgan fingerprint density at radius 1 is 1.18 bits per heavy atom. The molecule has 0 amide bonds. The molecule has 33 heavy (non-hydrogen) atoms. The number of nitrogens with zero attached hydrogens (tertiary/aromatic N) is 2. The summed E-state index contributed by atoms with van der Waals surface area (Å²) >= 11 is 0. The molecule has 0 saturated heterocycles. The zero-order chi connectivity index (χ0) is 24.0. The quantitative estimate of drug-likeness (QED) is 0.517. The van der Waals surface area contributed by atoms with Crippen molar-refractivity contribution in [2.45, 2.75) is 51.3 Å². The molecule has 9 heteroatoms. The van der Waals surface area contributed by atoms with Gasteiger partial charge in [0.1, 0.15) is 11.9 Å². The fourth-order valence-corrected chi connectivity index (χ4v) is 3.59. The van der Waals surface area contributed by atoms with Crippen molar-refractivity contribution >= 4 is 5.71 Å². The van der Waals surface area contributed by atoms with Crippen molar-refractivity contribution in [3.8, 4) is 0 Å². The van der Waals surface area contributed by atoms with E-state index in [4.69, 9.17) is 9.57 Å². The molecule has 2 aromatic carbocycles. The molecular weight excluding hydrogens is 440 g/mol. The number of hydrogen-bond donors (Lipinski definition) is 1. The first-order valence-electron chi connectivity index (χ1n) is 10.8. The van der Waals surface area contributed by atoms with Gasteiger partial charge in [0, 0.05) is 26.1 Å². The smallest absolute Gasteiger partial charge is 0.390 e. The van der Waals surface area contributed by atoms with E-state index in [1.807, 2.05) is 18.7 Å². The highest BCUT2D eigenvalue weighted by Crippen LogP contribution is 2.30. The van der Waals surface area contributed by atoms with Gasteiger partial charge in [-0.3, -0.25) is 4.90 Å². The Morgan fingerprint density at radius 2 is 1.91 bits per heavy atom. The fourth-order valence-electron chi connectivity index (χ4n) is 3.59. The first kappa shape index (κ1) is 25.1. The second-order valence-corrected chi connectivity index (χ2v) is 8.40. The van der Waals surface area contributed by atoms with Crippen LogP contribution in [0.1, 0.15) is 37.0 Å². The molecule has 0 aromatic heterocycles. The monoisotopic (exact) mass is 468 g/mol. The van der Waals surface area contributed by atoms with Gasteiger partial charge in [-0.05, 0) is 43.2 Å². The maximum Gasteiger partial charge on any atom is 0.416 e. The molecule has 2 aromatic rings. The average Bonchev–Trinajstić information content (AvgIpc) is 3.21. The molecule has 180 valence electrons. The van der Waals surface area contributed by atoms with Gasteiger partial charge in [-0.1, -0.05) is 35.5 Å². The van der Waals surface area contributed by atoms with Gasteiger partial charge in [0.25, 0.3) is 0 Å². The Hall–Kier alpha value is -2.49. The Kier molecular flexibility index (Phi) is 8.45. The van der Waals surface area contributed by atoms with Crippen LogP contribution in [0.4, 0.5) is 17.6 Å². The zero-order valence-electron chi connectivity index (χ0n) is 18.6. The maximum atomic E-state index is 13.2. The summed E-state index contributed by atoms with van der Waals surface area (Å²) in [6, 6.07) is 11.1. The van der Waals surface area contributed by atoms with Crippen LogP contribution in [0.2, 0.25) is 0 Å². The minimum Gasteiger partial charge on any atom is -0.390 e. The van der Waals surface area contributed by atoms with E-state index in [2.05, 4.69) is 5.16 Å². The van der Waals surface area contributed by atoms with E-state index in [9.17, 15) is 22.7 Å². The largest absolute Gasteiger partial charge is 0.416 e. The molecule has 0 saturated carbocycles. The van der Waals surface area contributed by atoms with E-state index in [1.54, 1.807) is 18.2 Å². The molecule has 0 fully saturated rings. The molecular formula is C24H28F4N2O3. The molecule has 2 atom stereocenters. The predicted octanol–water partition coefficient (Wildman–Crippen LogP) is 4.63. The third-order valence-corrected chi connectivity index (χ3v) is 5.12. The van der Waals surface area contributed by atoms with Crippen molar-refractivity contribution in [1.82, 2.24) is 4.90 Å². The summed E-state index contributed by atoms with van der Waals surface area (Å²) in [6.07, 6.45) is -5.20. The van der Waals surface area contributed by atoms with Crippen molar-refractivity contribution in [2.24, 2.45) is 5.16 Å². The summed E-state index contributed by atoms with van der Waals surface area (Å²) in [4.78, 5) is 7.37. The van der Waals surface area contributed by atoms with Crippen molar-refractivity contribution in [3.63, 3.8) is 0 Å². The van der Waals surface area contributed by atoms with Crippen molar-refractivity contribution in [3.05, 3.63) is 71.0 Å². The highest BCUT2D eigenvalue weighted by Gasteiger charge is 2.31. The van der Waals surface area contributed by atoms with Crippen molar-refractivity contribution in [1.29, 1.82) is 0 Å². The molecule has 2 unspecified atom stereocenters. The highest BCUT2D eigenvalue weighted by atomic mass is 19.4. The number of rotatable bonds is 10. The molecule has 1 heterocycles. The standard InChI is InChI=1S/C24H28F4N2O3/c1-16(2)32-15-21(31)13-30(12-17-4-3-5-19(10-17)24(26,27)28)14-22-11-23(29-33-22)18-6-8-20(25)9-7-18/h3-10,16,21-22,31H,11-15H2,1-2H3. The molecule has 0 radical (unpaired) electrons. The van der Waals surface area contributed by atoms with Crippen LogP contribution in [-0.4, -0.2) is 53.7 Å². The fraction of sp³-hybridized carbons (Fsp3) is 0.458. The SMILES string of the molecule is CC(C)OCC(O)CN(Cc1cccc(C(F)(F)F)c1)CC1CC(c2ccc(F)cc2)=NO1. The van der Waals surface area contributed by atoms with Gasteiger partial charge in [-0.2, -0.15) is 13.2 Å². The Labute approximate surface area is 190 Å². The number of ether oxygens (including phenoxy) is 1. The average molecular weight is 468 g/mol. The van der Waals surface area contributed by atoms with Gasteiger partial charge in [0.05, 0.1) is 30.1 Å². The van der Waals surface area contributed by atoms with E-state index in [0.717, 1.165) is 17.7 Å². The van der Waals surface area contributed by atoms with Crippen LogP contribution in [0.15, 0.2) is 53.7 Å². The third kappa shape index (κ3) is 7.80. The summed E-state index contributed by atoms with van der Waals surface area (Å²) in [5.41, 5.74) is 1.17. The lowest BCUT2D eigenvalue weighted by Crippen LogP contribution is -2.39. The summed E-state index contributed by atoms with van der Waals surface area (Å²) in [7, 11) is 0. The topological polar surface area (TPSA) is 54.3 Å². The van der Waals surface area contributed by atoms with E-state index in [0.29, 0.717) is 24.2 Å². The van der Waals surface area contributed by atoms with E-state index < -0.39 is 17.8 Å². The molecule has 1 aliphatic rings. The van der Waals surface area contributed by atoms with E-state index >= 15 is 0 Å². The number of alkyl halides is 3. The van der Waals surface area contributed by atoms with E-state index in [1.165, 1.54) is 18.2 Å². The Morgan fingerprint density at radius 3 is 2.58 bits per heavy atom. The van der Waals surface area contributed by atoms with E-state index in [-0.39, 0.29) is 37.7 Å². The van der Waals surface area contributed by atoms with Crippen LogP contribution >= 0.6 is 0 Å². The second kappa shape index (κ2) is 11.1. The molecule has 0 spiro atoms. The molecule has 5 nitrogen and oxygen atoms in total. The van der Waals surface area contributed by atoms with Crippen LogP contribution < -0.4 is 0 Å². The third-order valence-electron chi connectivity index (χ3n) is 5.12. The number of aliphatic hydroxyl groups excluding tert-OH is 1. The van der Waals surface area contributed by atoms with Gasteiger partial charge >= 0.3 is 6.18 Å². The molecule has 0 aliphatic carbocycles. The van der Waals surface area contributed by atoms with Gasteiger partial charge < -0.3 is 14.7 Å². The van der Waals surface area contributed by atoms with Crippen LogP contribution in [0.3, 0.4) is 0 Å². The summed E-state index contributed by atoms with van der Waals surface area (Å²) in [6.45, 7) is 4.54. The van der Waals surface area contributed by atoms with Crippen molar-refractivity contribution < 1.29 is 32.2 Å². The summed E-state index contributed by atoms with van der Waals surface area (Å²) < 4.78 is 58.0. The second-order valence-electron chi connectivity index (χ2n) is 8.40. The van der Waals surface area contributed by atoms with Crippen LogP contribution in [0, 0.1) is 5.82 Å². The number of benzene rings is 2. The molecule has 1 aliphatic heterocycles. The van der Waals surface area contributed by atoms with Gasteiger partial charge in [-0.25, -0.2) is 4.39 Å². The molecule has 1 N–H and O–H groups in total. The summed E-state index contributed by atoms with van der Waals surface area (Å²) in [5.74, 6) is -0.348. The minimum absolute atomic E-state index is 0.0543. The minimum atomic E-state index is -4.43. The number of aliphatic hydroxyl groups is 1. The Balaban J connectivity index is 1.68. The lowest BCUT2D eigenvalue weighted by Gasteiger charge is -2.27. The van der Waals surface area contributed by atoms with Gasteiger partial charge in [0.2, 0.25) is 0 Å². The predicted molar refractivity (Wildman–Crippen MR) is 116 cm³/mol. The number of hydrogen-bond acceptors (Lipinski definition) is 5. The maximum absolute atomic E-state index is 13.2. The van der Waals surface area contributed by atoms with Crippen molar-refractivity contribution in [2.75, 3.05) is 19.7 Å². The van der Waals surface area contributed by atoms with Gasteiger partial charge in [-0.15, -0.1) is 0 Å². The molecule has 3 rings (SSSR count). The zero-order valence-corrected chi connectivity index (χ0v) is 18.6. The highest BCUT2D eigenvalue weighted by molar-refractivity contribution is 6.01. The number of oxime groups is 1. The van der Waals surface area contributed by atoms with Crippen LogP contribution in [-0.2, 0) is 22.3 Å². The summed E-state index contributed by atoms with van der Waals surface area (Å²) in [5, 5.41) is 14.5. The molecule has 0 bridgehead atoms. The van der Waals surface area contributed by atoms with Gasteiger partial charge in [0.15, 0.2) is 0 Å². The van der Waals surface area contributed by atoms with Crippen LogP contribution in [0.25, 0.3) is 0 Å². The van der Waals surface area contributed by atoms with Crippen LogP contribution in [0.5, 0.6) is 0 Å². The first-order valence-corrected chi connectivity index (χ1v) is 10.8. The number of halogens is 4. The normalized spacial score (nSPS) is 17.4.